The summed E-state index contributed by atoms with van der Waals surface area (Å²) >= 11 is 7.02. The number of hydrogen-bond acceptors (Lipinski definition) is 4. The van der Waals surface area contributed by atoms with Gasteiger partial charge in [-0.3, -0.25) is 14.0 Å². The molecular formula is C11H13ClN4O2S. The monoisotopic (exact) mass is 300 g/mol. The third kappa shape index (κ3) is 2.76. The highest BCUT2D eigenvalue weighted by atomic mass is 35.5. The minimum absolute atomic E-state index is 0.0510. The Kier molecular flexibility index (Phi) is 3.86. The van der Waals surface area contributed by atoms with Crippen LogP contribution in [0.15, 0.2) is 16.8 Å². The second-order valence-electron chi connectivity index (χ2n) is 4.06. The van der Waals surface area contributed by atoms with Crippen molar-refractivity contribution in [3.05, 3.63) is 17.3 Å². The van der Waals surface area contributed by atoms with Gasteiger partial charge in [0.25, 0.3) is 0 Å². The number of carboxylic acid groups (broad SMARTS) is 1. The van der Waals surface area contributed by atoms with Crippen molar-refractivity contribution in [3.8, 4) is 0 Å². The Hall–Kier alpha value is -1.47. The van der Waals surface area contributed by atoms with Crippen molar-refractivity contribution in [1.82, 2.24) is 19.3 Å². The van der Waals surface area contributed by atoms with Gasteiger partial charge in [-0.25, -0.2) is 4.98 Å². The maximum Gasteiger partial charge on any atom is 0.313 e. The first-order valence-electron chi connectivity index (χ1n) is 5.48. The van der Waals surface area contributed by atoms with Gasteiger partial charge in [0.05, 0.1) is 18.0 Å². The highest BCUT2D eigenvalue weighted by molar-refractivity contribution is 7.99. The van der Waals surface area contributed by atoms with Crippen LogP contribution < -0.4 is 0 Å². The predicted molar refractivity (Wildman–Crippen MR) is 74.6 cm³/mol. The van der Waals surface area contributed by atoms with E-state index in [9.17, 15) is 4.79 Å². The molecule has 0 atom stereocenters. The zero-order valence-corrected chi connectivity index (χ0v) is 12.1. The van der Waals surface area contributed by atoms with Crippen molar-refractivity contribution in [2.24, 2.45) is 7.05 Å². The van der Waals surface area contributed by atoms with E-state index >= 15 is 0 Å². The first-order valence-corrected chi connectivity index (χ1v) is 6.84. The smallest absolute Gasteiger partial charge is 0.313 e. The lowest BCUT2D eigenvalue weighted by molar-refractivity contribution is -0.133. The van der Waals surface area contributed by atoms with Crippen LogP contribution in [0.5, 0.6) is 0 Å². The molecule has 0 fully saturated rings. The van der Waals surface area contributed by atoms with Crippen LogP contribution in [-0.4, -0.2) is 36.2 Å². The zero-order chi connectivity index (χ0) is 14.2. The SMILES string of the molecule is C=C(Cl)Cn1c(SCC(=O)O)nc2c(C)nn(C)c21. The molecule has 0 unspecified atom stereocenters. The minimum atomic E-state index is -0.886. The van der Waals surface area contributed by atoms with Crippen LogP contribution in [0.25, 0.3) is 11.2 Å². The standard InChI is InChI=1S/C11H13ClN4O2S/c1-6(12)4-16-10-9(7(2)14-15(10)3)13-11(16)19-5-8(17)18/h1,4-5H2,2-3H3,(H,17,18). The molecule has 0 radical (unpaired) electrons. The average molecular weight is 301 g/mol. The Labute approximate surface area is 119 Å². The van der Waals surface area contributed by atoms with Crippen molar-refractivity contribution < 1.29 is 9.90 Å². The fourth-order valence-electron chi connectivity index (χ4n) is 1.87. The quantitative estimate of drug-likeness (QED) is 0.855. The summed E-state index contributed by atoms with van der Waals surface area (Å²) in [7, 11) is 1.82. The lowest BCUT2D eigenvalue weighted by atomic mass is 10.4. The van der Waals surface area contributed by atoms with Crippen molar-refractivity contribution in [2.45, 2.75) is 18.6 Å². The topological polar surface area (TPSA) is 72.9 Å². The molecule has 1 N–H and O–H groups in total. The minimum Gasteiger partial charge on any atom is -0.481 e. The van der Waals surface area contributed by atoms with Crippen LogP contribution in [0.4, 0.5) is 0 Å². The summed E-state index contributed by atoms with van der Waals surface area (Å²) in [6.07, 6.45) is 0. The molecule has 0 saturated heterocycles. The van der Waals surface area contributed by atoms with Crippen LogP contribution in [0, 0.1) is 6.92 Å². The molecule has 6 nitrogen and oxygen atoms in total. The number of aromatic nitrogens is 4. The number of aliphatic carboxylic acids is 1. The molecule has 0 amide bonds. The Morgan fingerprint density at radius 3 is 2.84 bits per heavy atom. The molecule has 2 heterocycles. The number of fused-ring (bicyclic) bond motifs is 1. The van der Waals surface area contributed by atoms with Crippen LogP contribution in [0.2, 0.25) is 0 Å². The summed E-state index contributed by atoms with van der Waals surface area (Å²) in [5, 5.41) is 14.1. The molecule has 0 spiro atoms. The van der Waals surface area contributed by atoms with Gasteiger partial charge < -0.3 is 5.11 Å². The normalized spacial score (nSPS) is 11.1. The van der Waals surface area contributed by atoms with Crippen molar-refractivity contribution >= 4 is 40.5 Å². The van der Waals surface area contributed by atoms with E-state index in [1.165, 1.54) is 0 Å². The number of imidazole rings is 1. The van der Waals surface area contributed by atoms with Gasteiger partial charge in [-0.1, -0.05) is 29.9 Å². The second-order valence-corrected chi connectivity index (χ2v) is 5.54. The van der Waals surface area contributed by atoms with Gasteiger partial charge >= 0.3 is 5.97 Å². The molecule has 0 saturated carbocycles. The van der Waals surface area contributed by atoms with Gasteiger partial charge in [0, 0.05) is 12.1 Å². The Morgan fingerprint density at radius 1 is 1.58 bits per heavy atom. The molecule has 2 rings (SSSR count). The Morgan fingerprint density at radius 2 is 2.26 bits per heavy atom. The van der Waals surface area contributed by atoms with Gasteiger partial charge in [-0.2, -0.15) is 5.10 Å². The van der Waals surface area contributed by atoms with Crippen LogP contribution in [0.1, 0.15) is 5.69 Å². The maximum absolute atomic E-state index is 10.7. The Bertz CT molecular complexity index is 661. The molecule has 2 aromatic heterocycles. The molecule has 102 valence electrons. The summed E-state index contributed by atoms with van der Waals surface area (Å²) in [4.78, 5) is 15.1. The van der Waals surface area contributed by atoms with E-state index in [4.69, 9.17) is 16.7 Å². The number of halogens is 1. The van der Waals surface area contributed by atoms with E-state index in [1.807, 2.05) is 18.5 Å². The van der Waals surface area contributed by atoms with E-state index in [0.717, 1.165) is 28.6 Å². The first-order chi connectivity index (χ1) is 8.90. The molecule has 0 aliphatic heterocycles. The highest BCUT2D eigenvalue weighted by Crippen LogP contribution is 2.26. The van der Waals surface area contributed by atoms with Crippen molar-refractivity contribution in [3.63, 3.8) is 0 Å². The fraction of sp³-hybridized carbons (Fsp3) is 0.364. The van der Waals surface area contributed by atoms with Gasteiger partial charge in [-0.05, 0) is 6.92 Å². The van der Waals surface area contributed by atoms with Gasteiger partial charge in [-0.15, -0.1) is 0 Å². The molecule has 0 aliphatic carbocycles. The lowest BCUT2D eigenvalue weighted by Gasteiger charge is -2.07. The summed E-state index contributed by atoms with van der Waals surface area (Å²) in [5.74, 6) is -0.937. The molecule has 8 heteroatoms. The predicted octanol–water partition coefficient (Wildman–Crippen LogP) is 2.01. The average Bonchev–Trinajstić information content (AvgIpc) is 2.76. The summed E-state index contributed by atoms with van der Waals surface area (Å²) in [6, 6.07) is 0. The second kappa shape index (κ2) is 5.26. The van der Waals surface area contributed by atoms with E-state index < -0.39 is 5.97 Å². The largest absolute Gasteiger partial charge is 0.481 e. The maximum atomic E-state index is 10.7. The van der Waals surface area contributed by atoms with Gasteiger partial charge in [0.1, 0.15) is 5.52 Å². The molecule has 19 heavy (non-hydrogen) atoms. The van der Waals surface area contributed by atoms with Crippen molar-refractivity contribution in [2.75, 3.05) is 5.75 Å². The van der Waals surface area contributed by atoms with Crippen LogP contribution >= 0.6 is 23.4 Å². The van der Waals surface area contributed by atoms with Crippen LogP contribution in [0.3, 0.4) is 0 Å². The van der Waals surface area contributed by atoms with Gasteiger partial charge in [0.15, 0.2) is 10.8 Å². The molecule has 2 aromatic rings. The summed E-state index contributed by atoms with van der Waals surface area (Å²) < 4.78 is 3.54. The Balaban J connectivity index is 2.52. The van der Waals surface area contributed by atoms with Gasteiger partial charge in [0.2, 0.25) is 0 Å². The van der Waals surface area contributed by atoms with E-state index in [2.05, 4.69) is 16.7 Å². The third-order valence-corrected chi connectivity index (χ3v) is 3.59. The number of allylic oxidation sites excluding steroid dienone is 1. The molecule has 0 bridgehead atoms. The summed E-state index contributed by atoms with van der Waals surface area (Å²) in [5.41, 5.74) is 2.37. The molecule has 0 aromatic carbocycles. The first kappa shape index (κ1) is 14.0. The number of rotatable bonds is 5. The third-order valence-electron chi connectivity index (χ3n) is 2.51. The highest BCUT2D eigenvalue weighted by Gasteiger charge is 2.18. The van der Waals surface area contributed by atoms with Crippen molar-refractivity contribution in [1.29, 1.82) is 0 Å². The fourth-order valence-corrected chi connectivity index (χ4v) is 2.70. The number of thioether (sulfide) groups is 1. The number of carboxylic acids is 1. The number of aryl methyl sites for hydroxylation is 2. The zero-order valence-electron chi connectivity index (χ0n) is 10.6. The van der Waals surface area contributed by atoms with Crippen LogP contribution in [-0.2, 0) is 18.4 Å². The lowest BCUT2D eigenvalue weighted by Crippen LogP contribution is -2.06. The molecule has 0 aliphatic rings. The molecular weight excluding hydrogens is 288 g/mol. The number of hydrogen-bond donors (Lipinski definition) is 1. The van der Waals surface area contributed by atoms with E-state index in [-0.39, 0.29) is 5.75 Å². The number of nitrogens with zero attached hydrogens (tertiary/aromatic N) is 4. The number of carbonyl (C=O) groups is 1. The summed E-state index contributed by atoms with van der Waals surface area (Å²) in [6.45, 7) is 5.91. The van der Waals surface area contributed by atoms with E-state index in [0.29, 0.717) is 16.7 Å². The van der Waals surface area contributed by atoms with E-state index in [1.54, 1.807) is 4.68 Å².